The Balaban J connectivity index is 1.25. The highest BCUT2D eigenvalue weighted by Gasteiger charge is 2.48. The predicted molar refractivity (Wildman–Crippen MR) is 136 cm³/mol. The fraction of sp³-hybridized carbons (Fsp3) is 0.448. The van der Waals surface area contributed by atoms with E-state index in [1.165, 1.54) is 11.3 Å². The lowest BCUT2D eigenvalue weighted by atomic mass is 9.70. The summed E-state index contributed by atoms with van der Waals surface area (Å²) in [5.41, 5.74) is 9.61. The van der Waals surface area contributed by atoms with Crippen LogP contribution in [0, 0.1) is 5.41 Å². The molecule has 0 saturated carbocycles. The van der Waals surface area contributed by atoms with Crippen LogP contribution in [0.15, 0.2) is 78.8 Å². The van der Waals surface area contributed by atoms with E-state index < -0.39 is 0 Å². The van der Waals surface area contributed by atoms with Gasteiger partial charge in [-0.1, -0.05) is 48.6 Å². The molecular formula is C29H36N4O. The molecule has 178 valence electrons. The molecule has 1 spiro atoms. The van der Waals surface area contributed by atoms with Gasteiger partial charge in [0.05, 0.1) is 5.41 Å². The molecule has 2 N–H and O–H groups in total. The van der Waals surface area contributed by atoms with Crippen molar-refractivity contribution in [2.45, 2.75) is 50.5 Å². The van der Waals surface area contributed by atoms with E-state index >= 15 is 0 Å². The summed E-state index contributed by atoms with van der Waals surface area (Å²) in [5, 5.41) is 0. The summed E-state index contributed by atoms with van der Waals surface area (Å²) in [6, 6.07) is 14.9. The molecule has 1 aromatic heterocycles. The van der Waals surface area contributed by atoms with Gasteiger partial charge < -0.3 is 15.5 Å². The standard InChI is InChI=1S/C29H36N4O/c30-16-6-12-29(25-8-2-1-3-9-25)11-4-10-26(21-29)32-18-13-28(14-19-32)15-20-33(27(28)34)23-24-7-5-17-31-22-24/h1-5,7-11,17,22H,6,12-16,18-21,23,30H2. The van der Waals surface area contributed by atoms with Gasteiger partial charge in [0.15, 0.2) is 0 Å². The molecule has 1 aromatic carbocycles. The lowest BCUT2D eigenvalue weighted by Gasteiger charge is -2.43. The van der Waals surface area contributed by atoms with Crippen LogP contribution < -0.4 is 5.73 Å². The quantitative estimate of drug-likeness (QED) is 0.670. The number of allylic oxidation sites excluding steroid dienone is 4. The smallest absolute Gasteiger partial charge is 0.229 e. The molecule has 34 heavy (non-hydrogen) atoms. The first-order valence-corrected chi connectivity index (χ1v) is 12.7. The van der Waals surface area contributed by atoms with Gasteiger partial charge in [-0.25, -0.2) is 0 Å². The number of likely N-dealkylation sites (tertiary alicyclic amines) is 2. The summed E-state index contributed by atoms with van der Waals surface area (Å²) in [7, 11) is 0. The van der Waals surface area contributed by atoms with E-state index in [-0.39, 0.29) is 10.8 Å². The highest BCUT2D eigenvalue weighted by Crippen LogP contribution is 2.45. The van der Waals surface area contributed by atoms with Crippen molar-refractivity contribution in [1.29, 1.82) is 0 Å². The molecular weight excluding hydrogens is 420 g/mol. The summed E-state index contributed by atoms with van der Waals surface area (Å²) >= 11 is 0. The number of carbonyl (C=O) groups is 1. The predicted octanol–water partition coefficient (Wildman–Crippen LogP) is 4.42. The lowest BCUT2D eigenvalue weighted by molar-refractivity contribution is -0.138. The Kier molecular flexibility index (Phi) is 6.55. The second-order valence-electron chi connectivity index (χ2n) is 10.2. The van der Waals surface area contributed by atoms with E-state index in [0.717, 1.165) is 63.7 Å². The minimum absolute atomic E-state index is 0.00352. The van der Waals surface area contributed by atoms with E-state index in [4.69, 9.17) is 5.73 Å². The number of nitrogens with two attached hydrogens (primary N) is 1. The molecule has 2 fully saturated rings. The molecule has 2 aromatic rings. The van der Waals surface area contributed by atoms with Crippen molar-refractivity contribution in [2.75, 3.05) is 26.2 Å². The number of rotatable bonds is 7. The van der Waals surface area contributed by atoms with Crippen LogP contribution in [0.3, 0.4) is 0 Å². The molecule has 1 atom stereocenters. The Morgan fingerprint density at radius 3 is 2.53 bits per heavy atom. The van der Waals surface area contributed by atoms with Crippen LogP contribution in [0.5, 0.6) is 0 Å². The third-order valence-corrected chi connectivity index (χ3v) is 8.20. The van der Waals surface area contributed by atoms with Gasteiger partial charge in [0.1, 0.15) is 0 Å². The Labute approximate surface area is 203 Å². The Morgan fingerprint density at radius 2 is 1.79 bits per heavy atom. The molecule has 5 heteroatoms. The van der Waals surface area contributed by atoms with Crippen molar-refractivity contribution >= 4 is 5.91 Å². The normalized spacial score (nSPS) is 24.0. The van der Waals surface area contributed by atoms with Gasteiger partial charge in [0.2, 0.25) is 5.91 Å². The van der Waals surface area contributed by atoms with Crippen LogP contribution in [-0.4, -0.2) is 46.9 Å². The van der Waals surface area contributed by atoms with Crippen molar-refractivity contribution in [3.63, 3.8) is 0 Å². The second kappa shape index (κ2) is 9.75. The maximum atomic E-state index is 13.4. The average Bonchev–Trinajstić information content (AvgIpc) is 3.19. The number of amides is 1. The van der Waals surface area contributed by atoms with E-state index in [2.05, 4.69) is 64.5 Å². The highest BCUT2D eigenvalue weighted by atomic mass is 16.2. The Bertz CT molecular complexity index is 1040. The summed E-state index contributed by atoms with van der Waals surface area (Å²) in [6.07, 6.45) is 16.5. The van der Waals surface area contributed by atoms with Gasteiger partial charge in [0, 0.05) is 56.1 Å². The molecule has 3 aliphatic rings. The number of carbonyl (C=O) groups excluding carboxylic acids is 1. The molecule has 0 bridgehead atoms. The number of hydrogen-bond donors (Lipinski definition) is 1. The number of aromatic nitrogens is 1. The maximum Gasteiger partial charge on any atom is 0.229 e. The van der Waals surface area contributed by atoms with E-state index in [9.17, 15) is 4.79 Å². The molecule has 1 unspecified atom stereocenters. The van der Waals surface area contributed by atoms with Gasteiger partial charge >= 0.3 is 0 Å². The van der Waals surface area contributed by atoms with Gasteiger partial charge in [-0.05, 0) is 61.9 Å². The minimum Gasteiger partial charge on any atom is -0.375 e. The third-order valence-electron chi connectivity index (χ3n) is 8.20. The number of nitrogens with zero attached hydrogens (tertiary/aromatic N) is 3. The number of hydrogen-bond acceptors (Lipinski definition) is 4. The average molecular weight is 457 g/mol. The Hall–Kier alpha value is -2.92. The summed E-state index contributed by atoms with van der Waals surface area (Å²) in [4.78, 5) is 22.2. The molecule has 3 heterocycles. The van der Waals surface area contributed by atoms with Crippen LogP contribution in [0.4, 0.5) is 0 Å². The maximum absolute atomic E-state index is 13.4. The van der Waals surface area contributed by atoms with Gasteiger partial charge in [0.25, 0.3) is 0 Å². The third kappa shape index (κ3) is 4.41. The highest BCUT2D eigenvalue weighted by molar-refractivity contribution is 5.85. The van der Waals surface area contributed by atoms with Gasteiger partial charge in [-0.2, -0.15) is 0 Å². The molecule has 1 aliphatic carbocycles. The fourth-order valence-electron chi connectivity index (χ4n) is 6.15. The van der Waals surface area contributed by atoms with Gasteiger partial charge in [-0.15, -0.1) is 0 Å². The largest absolute Gasteiger partial charge is 0.375 e. The van der Waals surface area contributed by atoms with Crippen LogP contribution >= 0.6 is 0 Å². The fourth-order valence-corrected chi connectivity index (χ4v) is 6.15. The SMILES string of the molecule is NCCCC1(c2ccccc2)C=CC=C(N2CCC3(CCN(Cc4cccnc4)C3=O)CC2)C1. The zero-order valence-electron chi connectivity index (χ0n) is 20.0. The minimum atomic E-state index is -0.181. The molecule has 0 radical (unpaired) electrons. The zero-order chi connectivity index (χ0) is 23.4. The monoisotopic (exact) mass is 456 g/mol. The van der Waals surface area contributed by atoms with Gasteiger partial charge in [-0.3, -0.25) is 9.78 Å². The first kappa shape index (κ1) is 22.9. The molecule has 1 amide bonds. The van der Waals surface area contributed by atoms with Crippen LogP contribution in [0.25, 0.3) is 0 Å². The summed E-state index contributed by atoms with van der Waals surface area (Å²) in [5.74, 6) is 0.343. The number of piperidine rings is 1. The number of benzene rings is 1. The van der Waals surface area contributed by atoms with E-state index in [1.807, 2.05) is 17.2 Å². The first-order valence-electron chi connectivity index (χ1n) is 12.7. The van der Waals surface area contributed by atoms with Crippen LogP contribution in [0.2, 0.25) is 0 Å². The van der Waals surface area contributed by atoms with E-state index in [0.29, 0.717) is 19.0 Å². The molecule has 2 saturated heterocycles. The lowest BCUT2D eigenvalue weighted by Crippen LogP contribution is -2.45. The zero-order valence-corrected chi connectivity index (χ0v) is 20.0. The van der Waals surface area contributed by atoms with Crippen molar-refractivity contribution in [3.05, 3.63) is 89.9 Å². The summed E-state index contributed by atoms with van der Waals surface area (Å²) in [6.45, 7) is 4.15. The van der Waals surface area contributed by atoms with Crippen LogP contribution in [0.1, 0.15) is 49.7 Å². The second-order valence-corrected chi connectivity index (χ2v) is 10.2. The van der Waals surface area contributed by atoms with Crippen molar-refractivity contribution in [3.8, 4) is 0 Å². The molecule has 5 rings (SSSR count). The Morgan fingerprint density at radius 1 is 1.00 bits per heavy atom. The summed E-state index contributed by atoms with van der Waals surface area (Å²) < 4.78 is 0. The van der Waals surface area contributed by atoms with E-state index in [1.54, 1.807) is 6.20 Å². The van der Waals surface area contributed by atoms with Crippen molar-refractivity contribution in [1.82, 2.24) is 14.8 Å². The van der Waals surface area contributed by atoms with Crippen LogP contribution in [-0.2, 0) is 16.8 Å². The van der Waals surface area contributed by atoms with Crippen molar-refractivity contribution in [2.24, 2.45) is 11.1 Å². The topological polar surface area (TPSA) is 62.5 Å². The molecule has 5 nitrogen and oxygen atoms in total. The first-order chi connectivity index (χ1) is 16.6. The number of pyridine rings is 1. The molecule has 2 aliphatic heterocycles. The van der Waals surface area contributed by atoms with Crippen molar-refractivity contribution < 1.29 is 4.79 Å².